The van der Waals surface area contributed by atoms with Crippen LogP contribution in [0.15, 0.2) is 94.2 Å². The summed E-state index contributed by atoms with van der Waals surface area (Å²) in [6.45, 7) is 3.60. The van der Waals surface area contributed by atoms with E-state index < -0.39 is 10.0 Å². The lowest BCUT2D eigenvalue weighted by Crippen LogP contribution is -2.17. The van der Waals surface area contributed by atoms with Gasteiger partial charge in [0.1, 0.15) is 11.2 Å². The molecule has 0 radical (unpaired) electrons. The smallest absolute Gasteiger partial charge is 0.261 e. The molecule has 0 fully saturated rings. The van der Waals surface area contributed by atoms with E-state index in [9.17, 15) is 13.2 Å². The van der Waals surface area contributed by atoms with Gasteiger partial charge in [-0.2, -0.15) is 0 Å². The number of para-hydroxylation sites is 1. The lowest BCUT2D eigenvalue weighted by Gasteiger charge is -2.14. The molecule has 1 aromatic heterocycles. The molecule has 170 valence electrons. The third-order valence-electron chi connectivity index (χ3n) is 5.79. The third-order valence-corrected chi connectivity index (χ3v) is 7.17. The molecule has 0 aliphatic carbocycles. The molecule has 1 amide bonds. The molecule has 5 rings (SSSR count). The van der Waals surface area contributed by atoms with E-state index in [0.29, 0.717) is 28.1 Å². The van der Waals surface area contributed by atoms with E-state index in [1.165, 1.54) is 0 Å². The van der Waals surface area contributed by atoms with Gasteiger partial charge in [-0.25, -0.2) is 8.42 Å². The second kappa shape index (κ2) is 8.35. The number of benzene rings is 4. The van der Waals surface area contributed by atoms with Crippen molar-refractivity contribution in [3.05, 3.63) is 102 Å². The number of anilines is 2. The van der Waals surface area contributed by atoms with Crippen LogP contribution in [0.3, 0.4) is 0 Å². The van der Waals surface area contributed by atoms with E-state index in [1.807, 2.05) is 43.3 Å². The van der Waals surface area contributed by atoms with Crippen LogP contribution in [0.1, 0.15) is 21.5 Å². The van der Waals surface area contributed by atoms with Gasteiger partial charge in [0, 0.05) is 28.1 Å². The third kappa shape index (κ3) is 4.02. The van der Waals surface area contributed by atoms with Crippen molar-refractivity contribution in [3.8, 4) is 0 Å². The Morgan fingerprint density at radius 1 is 0.794 bits per heavy atom. The molecule has 7 heteroatoms. The minimum absolute atomic E-state index is 0.159. The molecule has 34 heavy (non-hydrogen) atoms. The minimum atomic E-state index is -3.79. The summed E-state index contributed by atoms with van der Waals surface area (Å²) in [6, 6.07) is 24.8. The molecule has 1 heterocycles. The van der Waals surface area contributed by atoms with Gasteiger partial charge in [0.25, 0.3) is 15.9 Å². The molecule has 0 aliphatic rings. The van der Waals surface area contributed by atoms with Crippen LogP contribution in [0.25, 0.3) is 21.9 Å². The number of sulfonamides is 1. The summed E-state index contributed by atoms with van der Waals surface area (Å²) in [5.74, 6) is -0.343. The average Bonchev–Trinajstić information content (AvgIpc) is 3.18. The minimum Gasteiger partial charge on any atom is -0.456 e. The van der Waals surface area contributed by atoms with Gasteiger partial charge in [-0.05, 0) is 61.9 Å². The highest BCUT2D eigenvalue weighted by atomic mass is 32.2. The van der Waals surface area contributed by atoms with Crippen molar-refractivity contribution in [3.63, 3.8) is 0 Å². The molecule has 5 aromatic rings. The zero-order valence-corrected chi connectivity index (χ0v) is 19.4. The largest absolute Gasteiger partial charge is 0.456 e. The molecular weight excluding hydrogens is 448 g/mol. The maximum atomic E-state index is 13.0. The molecule has 4 aromatic carbocycles. The van der Waals surface area contributed by atoms with Gasteiger partial charge in [-0.15, -0.1) is 0 Å². The fraction of sp³-hybridized carbons (Fsp3) is 0.0741. The Kier molecular flexibility index (Phi) is 5.34. The van der Waals surface area contributed by atoms with Gasteiger partial charge in [0.15, 0.2) is 0 Å². The number of rotatable bonds is 5. The van der Waals surface area contributed by atoms with Crippen LogP contribution < -0.4 is 10.0 Å². The topological polar surface area (TPSA) is 88.4 Å². The molecule has 0 aliphatic heterocycles. The first-order valence-corrected chi connectivity index (χ1v) is 12.2. The first kappa shape index (κ1) is 21.7. The molecule has 6 nitrogen and oxygen atoms in total. The van der Waals surface area contributed by atoms with E-state index in [1.54, 1.807) is 55.5 Å². The molecule has 0 saturated carbocycles. The number of nitrogens with one attached hydrogen (secondary N) is 2. The summed E-state index contributed by atoms with van der Waals surface area (Å²) in [7, 11) is -3.79. The van der Waals surface area contributed by atoms with Crippen LogP contribution in [0.5, 0.6) is 0 Å². The zero-order valence-electron chi connectivity index (χ0n) is 18.6. The average molecular weight is 471 g/mol. The van der Waals surface area contributed by atoms with Gasteiger partial charge in [0.2, 0.25) is 0 Å². The number of fused-ring (bicyclic) bond motifs is 3. The molecule has 0 atom stereocenters. The van der Waals surface area contributed by atoms with Crippen LogP contribution >= 0.6 is 0 Å². The first-order chi connectivity index (χ1) is 16.3. The summed E-state index contributed by atoms with van der Waals surface area (Å²) in [6.07, 6.45) is 0. The lowest BCUT2D eigenvalue weighted by atomic mass is 10.1. The summed E-state index contributed by atoms with van der Waals surface area (Å²) in [4.78, 5) is 13.2. The number of carbonyl (C=O) groups is 1. The first-order valence-electron chi connectivity index (χ1n) is 10.7. The Hall–Kier alpha value is -4.10. The van der Waals surface area contributed by atoms with Crippen molar-refractivity contribution >= 4 is 49.2 Å². The van der Waals surface area contributed by atoms with E-state index in [4.69, 9.17) is 4.42 Å². The van der Waals surface area contributed by atoms with Gasteiger partial charge in [-0.3, -0.25) is 9.52 Å². The van der Waals surface area contributed by atoms with Crippen molar-refractivity contribution in [1.82, 2.24) is 0 Å². The number of furan rings is 1. The summed E-state index contributed by atoms with van der Waals surface area (Å²) < 4.78 is 34.1. The number of hydrogen-bond donors (Lipinski definition) is 2. The monoisotopic (exact) mass is 470 g/mol. The molecule has 0 spiro atoms. The van der Waals surface area contributed by atoms with Gasteiger partial charge in [0.05, 0.1) is 10.6 Å². The van der Waals surface area contributed by atoms with Crippen molar-refractivity contribution in [1.29, 1.82) is 0 Å². The van der Waals surface area contributed by atoms with Crippen LogP contribution in [-0.4, -0.2) is 14.3 Å². The second-order valence-corrected chi connectivity index (χ2v) is 9.84. The van der Waals surface area contributed by atoms with Crippen molar-refractivity contribution in [2.75, 3.05) is 10.0 Å². The standard InChI is InChI=1S/C27H22N2O4S/c1-17-10-13-20(14-11-17)34(31,32)29-24-8-5-7-21(18(24)2)27(30)28-19-12-15-23-22-6-3-4-9-25(22)33-26(23)16-19/h3-16,29H,1-2H3,(H,28,30). The van der Waals surface area contributed by atoms with E-state index >= 15 is 0 Å². The van der Waals surface area contributed by atoms with Crippen molar-refractivity contribution in [2.24, 2.45) is 0 Å². The molecule has 0 bridgehead atoms. The fourth-order valence-electron chi connectivity index (χ4n) is 3.92. The maximum absolute atomic E-state index is 13.0. The second-order valence-electron chi connectivity index (χ2n) is 8.16. The normalized spacial score (nSPS) is 11.6. The van der Waals surface area contributed by atoms with E-state index in [0.717, 1.165) is 21.9 Å². The SMILES string of the molecule is Cc1ccc(S(=O)(=O)Nc2cccc(C(=O)Nc3ccc4c(c3)oc3ccccc34)c2C)cc1. The Bertz CT molecular complexity index is 1650. The highest BCUT2D eigenvalue weighted by molar-refractivity contribution is 7.92. The quantitative estimate of drug-likeness (QED) is 0.317. The van der Waals surface area contributed by atoms with Crippen LogP contribution in [0.4, 0.5) is 11.4 Å². The molecule has 2 N–H and O–H groups in total. The highest BCUT2D eigenvalue weighted by Gasteiger charge is 2.18. The molecular formula is C27H22N2O4S. The van der Waals surface area contributed by atoms with Crippen molar-refractivity contribution in [2.45, 2.75) is 18.7 Å². The number of carbonyl (C=O) groups excluding carboxylic acids is 1. The van der Waals surface area contributed by atoms with Crippen LogP contribution in [0.2, 0.25) is 0 Å². The number of aryl methyl sites for hydroxylation is 1. The van der Waals surface area contributed by atoms with E-state index in [2.05, 4.69) is 10.0 Å². The summed E-state index contributed by atoms with van der Waals surface area (Å²) in [5.41, 5.74) is 4.26. The number of hydrogen-bond acceptors (Lipinski definition) is 4. The van der Waals surface area contributed by atoms with Crippen LogP contribution in [-0.2, 0) is 10.0 Å². The van der Waals surface area contributed by atoms with Gasteiger partial charge in [-0.1, -0.05) is 42.0 Å². The summed E-state index contributed by atoms with van der Waals surface area (Å²) >= 11 is 0. The zero-order chi connectivity index (χ0) is 23.9. The Morgan fingerprint density at radius 2 is 1.53 bits per heavy atom. The van der Waals surface area contributed by atoms with Gasteiger partial charge >= 0.3 is 0 Å². The molecule has 0 unspecified atom stereocenters. The Morgan fingerprint density at radius 3 is 2.32 bits per heavy atom. The Balaban J connectivity index is 1.41. The number of amides is 1. The Labute approximate surface area is 197 Å². The fourth-order valence-corrected chi connectivity index (χ4v) is 5.04. The predicted molar refractivity (Wildman–Crippen MR) is 135 cm³/mol. The summed E-state index contributed by atoms with van der Waals surface area (Å²) in [5, 5.41) is 4.87. The van der Waals surface area contributed by atoms with Crippen LogP contribution in [0, 0.1) is 13.8 Å². The molecule has 0 saturated heterocycles. The lowest BCUT2D eigenvalue weighted by molar-refractivity contribution is 0.102. The van der Waals surface area contributed by atoms with Gasteiger partial charge < -0.3 is 9.73 Å². The van der Waals surface area contributed by atoms with Crippen molar-refractivity contribution < 1.29 is 17.6 Å². The van der Waals surface area contributed by atoms with E-state index in [-0.39, 0.29) is 10.8 Å². The predicted octanol–water partition coefficient (Wildman–Crippen LogP) is 6.26. The maximum Gasteiger partial charge on any atom is 0.261 e. The highest BCUT2D eigenvalue weighted by Crippen LogP contribution is 2.31.